The fraction of sp³-hybridized carbons (Fsp3) is 0.333. The number of amides is 2. The highest BCUT2D eigenvalue weighted by atomic mass is 35.5. The van der Waals surface area contributed by atoms with Crippen LogP contribution in [0.5, 0.6) is 0 Å². The monoisotopic (exact) mass is 502 g/mol. The average molecular weight is 503 g/mol. The summed E-state index contributed by atoms with van der Waals surface area (Å²) in [5, 5.41) is 14.5. The molecule has 34 heavy (non-hydrogen) atoms. The van der Waals surface area contributed by atoms with Crippen LogP contribution in [0, 0.1) is 6.92 Å². The van der Waals surface area contributed by atoms with Crippen LogP contribution < -0.4 is 10.6 Å². The zero-order valence-corrected chi connectivity index (χ0v) is 21.0. The van der Waals surface area contributed by atoms with Crippen molar-refractivity contribution >= 4 is 41.1 Å². The first kappa shape index (κ1) is 25.6. The number of ether oxygens (including phenoxy) is 1. The maximum Gasteiger partial charge on any atom is 0.408 e. The van der Waals surface area contributed by atoms with E-state index in [1.165, 1.54) is 0 Å². The second-order valence-electron chi connectivity index (χ2n) is 8.54. The lowest BCUT2D eigenvalue weighted by molar-refractivity contribution is -0.113. The molecule has 10 heteroatoms. The number of nitrogens with one attached hydrogen (secondary N) is 2. The molecule has 1 atom stereocenters. The Hall–Kier alpha value is -3.04. The number of anilines is 1. The summed E-state index contributed by atoms with van der Waals surface area (Å²) in [5.41, 5.74) is 1.77. The minimum Gasteiger partial charge on any atom is -0.444 e. The van der Waals surface area contributed by atoms with Gasteiger partial charge in [-0.2, -0.15) is 0 Å². The molecule has 2 aromatic carbocycles. The lowest BCUT2D eigenvalue weighted by Gasteiger charge is -2.22. The number of halogens is 1. The SMILES string of the molecule is Cc1c(Cl)cccc1NC(=O)CSc1nnc([C@H](Cc2ccccc2)NC(=O)OC(C)(C)C)o1. The molecule has 0 saturated carbocycles. The summed E-state index contributed by atoms with van der Waals surface area (Å²) in [6, 6.07) is 14.3. The Balaban J connectivity index is 1.65. The smallest absolute Gasteiger partial charge is 0.408 e. The van der Waals surface area contributed by atoms with E-state index >= 15 is 0 Å². The van der Waals surface area contributed by atoms with Gasteiger partial charge >= 0.3 is 6.09 Å². The summed E-state index contributed by atoms with van der Waals surface area (Å²) in [7, 11) is 0. The van der Waals surface area contributed by atoms with Gasteiger partial charge in [0.15, 0.2) is 0 Å². The molecule has 1 aromatic heterocycles. The van der Waals surface area contributed by atoms with Gasteiger partial charge in [0.2, 0.25) is 11.8 Å². The molecule has 0 bridgehead atoms. The Kier molecular flexibility index (Phi) is 8.57. The van der Waals surface area contributed by atoms with Crippen LogP contribution in [0.25, 0.3) is 0 Å². The number of carbonyl (C=O) groups excluding carboxylic acids is 2. The maximum absolute atomic E-state index is 12.4. The zero-order valence-electron chi connectivity index (χ0n) is 19.4. The average Bonchev–Trinajstić information content (AvgIpc) is 3.24. The highest BCUT2D eigenvalue weighted by Gasteiger charge is 2.25. The third-order valence-electron chi connectivity index (χ3n) is 4.56. The number of nitrogens with zero attached hydrogens (tertiary/aromatic N) is 2. The number of aromatic nitrogens is 2. The van der Waals surface area contributed by atoms with Gasteiger partial charge in [0.05, 0.1) is 5.75 Å². The van der Waals surface area contributed by atoms with Gasteiger partial charge in [-0.05, 0) is 51.0 Å². The van der Waals surface area contributed by atoms with Crippen molar-refractivity contribution in [1.82, 2.24) is 15.5 Å². The van der Waals surface area contributed by atoms with Crippen molar-refractivity contribution in [3.05, 3.63) is 70.6 Å². The molecular formula is C24H27ClN4O4S. The van der Waals surface area contributed by atoms with Crippen LogP contribution in [0.4, 0.5) is 10.5 Å². The number of carbonyl (C=O) groups is 2. The molecule has 0 saturated heterocycles. The first-order valence-corrected chi connectivity index (χ1v) is 12.0. The van der Waals surface area contributed by atoms with E-state index in [-0.39, 0.29) is 22.8 Å². The highest BCUT2D eigenvalue weighted by molar-refractivity contribution is 7.99. The predicted molar refractivity (Wildman–Crippen MR) is 132 cm³/mol. The quantitative estimate of drug-likeness (QED) is 0.388. The van der Waals surface area contributed by atoms with Gasteiger partial charge in [0, 0.05) is 17.1 Å². The fourth-order valence-corrected chi connectivity index (χ4v) is 3.72. The largest absolute Gasteiger partial charge is 0.444 e. The molecule has 0 fully saturated rings. The van der Waals surface area contributed by atoms with Gasteiger partial charge in [-0.15, -0.1) is 10.2 Å². The van der Waals surface area contributed by atoms with Crippen LogP contribution in [0.1, 0.15) is 43.8 Å². The Morgan fingerprint density at radius 2 is 1.85 bits per heavy atom. The third-order valence-corrected chi connectivity index (χ3v) is 5.79. The van der Waals surface area contributed by atoms with Crippen molar-refractivity contribution in [1.29, 1.82) is 0 Å². The van der Waals surface area contributed by atoms with E-state index in [0.717, 1.165) is 22.9 Å². The number of thioether (sulfide) groups is 1. The molecule has 0 aliphatic heterocycles. The molecule has 2 N–H and O–H groups in total. The normalized spacial score (nSPS) is 12.1. The standard InChI is InChI=1S/C24H27ClN4O4S/c1-15-17(25)11-8-12-18(15)26-20(30)14-34-23-29-28-21(32-23)19(13-16-9-6-5-7-10-16)27-22(31)33-24(2,3)4/h5-12,19H,13-14H2,1-4H3,(H,26,30)(H,27,31)/t19-/m0/s1. The summed E-state index contributed by atoms with van der Waals surface area (Å²) in [6.45, 7) is 7.20. The van der Waals surface area contributed by atoms with Crippen LogP contribution >= 0.6 is 23.4 Å². The molecule has 3 rings (SSSR count). The Bertz CT molecular complexity index is 1130. The van der Waals surface area contributed by atoms with Crippen LogP contribution in [0.3, 0.4) is 0 Å². The van der Waals surface area contributed by atoms with Crippen molar-refractivity contribution in [3.63, 3.8) is 0 Å². The second-order valence-corrected chi connectivity index (χ2v) is 9.88. The third kappa shape index (κ3) is 7.78. The summed E-state index contributed by atoms with van der Waals surface area (Å²) >= 11 is 7.21. The minimum atomic E-state index is -0.647. The van der Waals surface area contributed by atoms with Crippen LogP contribution in [0.15, 0.2) is 58.2 Å². The van der Waals surface area contributed by atoms with Crippen molar-refractivity contribution in [3.8, 4) is 0 Å². The molecule has 3 aromatic rings. The molecule has 8 nitrogen and oxygen atoms in total. The van der Waals surface area contributed by atoms with E-state index in [9.17, 15) is 9.59 Å². The molecule has 1 heterocycles. The summed E-state index contributed by atoms with van der Waals surface area (Å²) in [5.74, 6) is 0.0577. The van der Waals surface area contributed by atoms with E-state index in [1.54, 1.807) is 39.0 Å². The molecule has 180 valence electrons. The number of alkyl carbamates (subject to hydrolysis) is 1. The lowest BCUT2D eigenvalue weighted by atomic mass is 10.1. The van der Waals surface area contributed by atoms with E-state index in [4.69, 9.17) is 20.8 Å². The van der Waals surface area contributed by atoms with Crippen molar-refractivity contribution in [2.75, 3.05) is 11.1 Å². The molecule has 0 aliphatic carbocycles. The van der Waals surface area contributed by atoms with Crippen molar-refractivity contribution < 1.29 is 18.7 Å². The van der Waals surface area contributed by atoms with Gasteiger partial charge in [0.25, 0.3) is 5.22 Å². The number of hydrogen-bond acceptors (Lipinski definition) is 7. The zero-order chi connectivity index (χ0) is 24.7. The number of benzene rings is 2. The first-order valence-electron chi connectivity index (χ1n) is 10.7. The minimum absolute atomic E-state index is 0.0659. The van der Waals surface area contributed by atoms with Gasteiger partial charge in [-0.3, -0.25) is 4.79 Å². The van der Waals surface area contributed by atoms with Gasteiger partial charge in [-0.25, -0.2) is 4.79 Å². The summed E-state index contributed by atoms with van der Waals surface area (Å²) in [4.78, 5) is 24.8. The molecule has 0 aliphatic rings. The van der Waals surface area contributed by atoms with Crippen LogP contribution in [0.2, 0.25) is 5.02 Å². The Labute approximate surface area is 207 Å². The van der Waals surface area contributed by atoms with Gasteiger partial charge in [-0.1, -0.05) is 59.8 Å². The Morgan fingerprint density at radius 1 is 1.12 bits per heavy atom. The van der Waals surface area contributed by atoms with E-state index in [1.807, 2.05) is 37.3 Å². The maximum atomic E-state index is 12.4. The Morgan fingerprint density at radius 3 is 2.56 bits per heavy atom. The van der Waals surface area contributed by atoms with E-state index in [0.29, 0.717) is 17.1 Å². The molecule has 0 unspecified atom stereocenters. The van der Waals surface area contributed by atoms with Crippen molar-refractivity contribution in [2.45, 2.75) is 51.0 Å². The molecular weight excluding hydrogens is 476 g/mol. The topological polar surface area (TPSA) is 106 Å². The highest BCUT2D eigenvalue weighted by Crippen LogP contribution is 2.25. The van der Waals surface area contributed by atoms with Crippen LogP contribution in [-0.2, 0) is 16.0 Å². The molecule has 2 amide bonds. The molecule has 0 radical (unpaired) electrons. The fourth-order valence-electron chi connectivity index (χ4n) is 2.98. The summed E-state index contributed by atoms with van der Waals surface area (Å²) in [6.07, 6.45) is -0.155. The number of rotatable bonds is 8. The summed E-state index contributed by atoms with van der Waals surface area (Å²) < 4.78 is 11.1. The van der Waals surface area contributed by atoms with Crippen molar-refractivity contribution in [2.24, 2.45) is 0 Å². The van der Waals surface area contributed by atoms with Crippen LogP contribution in [-0.4, -0.2) is 33.6 Å². The predicted octanol–water partition coefficient (Wildman–Crippen LogP) is 5.57. The van der Waals surface area contributed by atoms with Gasteiger partial charge < -0.3 is 19.8 Å². The number of hydrogen-bond donors (Lipinski definition) is 2. The lowest BCUT2D eigenvalue weighted by Crippen LogP contribution is -2.36. The van der Waals surface area contributed by atoms with E-state index < -0.39 is 17.7 Å². The van der Waals surface area contributed by atoms with E-state index in [2.05, 4.69) is 20.8 Å². The first-order chi connectivity index (χ1) is 16.1. The van der Waals surface area contributed by atoms with Gasteiger partial charge in [0.1, 0.15) is 11.6 Å². The molecule has 0 spiro atoms. The second kappa shape index (κ2) is 11.4.